The third-order valence-electron chi connectivity index (χ3n) is 4.13. The van der Waals surface area contributed by atoms with E-state index in [1.807, 2.05) is 32.0 Å². The van der Waals surface area contributed by atoms with E-state index in [0.717, 1.165) is 29.7 Å². The van der Waals surface area contributed by atoms with Crippen LogP contribution in [0.25, 0.3) is 0 Å². The molecule has 1 fully saturated rings. The van der Waals surface area contributed by atoms with Crippen molar-refractivity contribution in [2.24, 2.45) is 11.8 Å². The van der Waals surface area contributed by atoms with Crippen molar-refractivity contribution in [2.75, 3.05) is 11.9 Å². The lowest BCUT2D eigenvalue weighted by Crippen LogP contribution is -2.35. The lowest BCUT2D eigenvalue weighted by atomic mass is 9.96. The van der Waals surface area contributed by atoms with E-state index in [1.54, 1.807) is 0 Å². The molecule has 2 amide bonds. The predicted octanol–water partition coefficient (Wildman–Crippen LogP) is 2.93. The molecule has 0 radical (unpaired) electrons. The Kier molecular flexibility index (Phi) is 4.83. The minimum absolute atomic E-state index is 0.0346. The number of nitrogens with one attached hydrogen (secondary N) is 2. The van der Waals surface area contributed by atoms with Gasteiger partial charge in [-0.05, 0) is 44.2 Å². The van der Waals surface area contributed by atoms with Gasteiger partial charge >= 0.3 is 12.0 Å². The second-order valence-corrected chi connectivity index (χ2v) is 5.79. The highest BCUT2D eigenvalue weighted by Gasteiger charge is 2.32. The molecule has 1 saturated carbocycles. The van der Waals surface area contributed by atoms with Crippen molar-refractivity contribution in [2.45, 2.75) is 33.1 Å². The highest BCUT2D eigenvalue weighted by molar-refractivity contribution is 5.90. The van der Waals surface area contributed by atoms with Crippen molar-refractivity contribution in [1.82, 2.24) is 5.32 Å². The summed E-state index contributed by atoms with van der Waals surface area (Å²) in [5, 5.41) is 14.7. The standard InChI is InChI=1S/C16H22N2O3/c1-10-6-7-14(11(2)8-10)18-16(21)17-9-12-4-3-5-13(12)15(19)20/h6-8,12-13H,3-5,9H2,1-2H3,(H,19,20)(H2,17,18,21). The number of carboxylic acids is 1. The van der Waals surface area contributed by atoms with E-state index in [1.165, 1.54) is 0 Å². The van der Waals surface area contributed by atoms with Crippen molar-refractivity contribution in [1.29, 1.82) is 0 Å². The van der Waals surface area contributed by atoms with Crippen molar-refractivity contribution in [3.63, 3.8) is 0 Å². The molecule has 2 atom stereocenters. The minimum atomic E-state index is -0.755. The Balaban J connectivity index is 1.86. The third-order valence-corrected chi connectivity index (χ3v) is 4.13. The molecule has 3 N–H and O–H groups in total. The van der Waals surface area contributed by atoms with Crippen LogP contribution in [0.4, 0.5) is 10.5 Å². The van der Waals surface area contributed by atoms with Gasteiger partial charge in [-0.3, -0.25) is 4.79 Å². The fourth-order valence-electron chi connectivity index (χ4n) is 2.95. The molecule has 0 spiro atoms. The van der Waals surface area contributed by atoms with Crippen molar-refractivity contribution >= 4 is 17.7 Å². The van der Waals surface area contributed by atoms with Crippen molar-refractivity contribution < 1.29 is 14.7 Å². The van der Waals surface area contributed by atoms with E-state index >= 15 is 0 Å². The Labute approximate surface area is 124 Å². The van der Waals surface area contributed by atoms with Crippen LogP contribution < -0.4 is 10.6 Å². The van der Waals surface area contributed by atoms with Gasteiger partial charge in [0, 0.05) is 12.2 Å². The number of aliphatic carboxylic acids is 1. The van der Waals surface area contributed by atoms with E-state index in [2.05, 4.69) is 10.6 Å². The van der Waals surface area contributed by atoms with E-state index in [9.17, 15) is 9.59 Å². The fraction of sp³-hybridized carbons (Fsp3) is 0.500. The summed E-state index contributed by atoms with van der Waals surface area (Å²) in [4.78, 5) is 23.0. The highest BCUT2D eigenvalue weighted by atomic mass is 16.4. The number of anilines is 1. The summed E-state index contributed by atoms with van der Waals surface area (Å²) in [7, 11) is 0. The van der Waals surface area contributed by atoms with Gasteiger partial charge in [0.15, 0.2) is 0 Å². The van der Waals surface area contributed by atoms with Crippen LogP contribution in [-0.2, 0) is 4.79 Å². The van der Waals surface area contributed by atoms with E-state index < -0.39 is 5.97 Å². The Bertz CT molecular complexity index is 542. The predicted molar refractivity (Wildman–Crippen MR) is 81.4 cm³/mol. The van der Waals surface area contributed by atoms with Gasteiger partial charge < -0.3 is 15.7 Å². The third kappa shape index (κ3) is 3.97. The quantitative estimate of drug-likeness (QED) is 0.797. The van der Waals surface area contributed by atoms with Crippen LogP contribution in [0.1, 0.15) is 30.4 Å². The van der Waals surface area contributed by atoms with E-state index in [4.69, 9.17) is 5.11 Å². The first-order valence-corrected chi connectivity index (χ1v) is 7.32. The lowest BCUT2D eigenvalue weighted by molar-refractivity contribution is -0.142. The molecule has 0 heterocycles. The van der Waals surface area contributed by atoms with Gasteiger partial charge in [0.2, 0.25) is 0 Å². The molecule has 1 aliphatic carbocycles. The summed E-state index contributed by atoms with van der Waals surface area (Å²) >= 11 is 0. The molecular weight excluding hydrogens is 268 g/mol. The van der Waals surface area contributed by atoms with E-state index in [0.29, 0.717) is 13.0 Å². The maximum Gasteiger partial charge on any atom is 0.319 e. The van der Waals surface area contributed by atoms with E-state index in [-0.39, 0.29) is 17.9 Å². The highest BCUT2D eigenvalue weighted by Crippen LogP contribution is 2.31. The summed E-state index contributed by atoms with van der Waals surface area (Å²) in [6, 6.07) is 5.55. The Morgan fingerprint density at radius 3 is 2.71 bits per heavy atom. The molecule has 0 bridgehead atoms. The molecule has 0 saturated heterocycles. The summed E-state index contributed by atoms with van der Waals surface area (Å²) in [6.07, 6.45) is 2.49. The SMILES string of the molecule is Cc1ccc(NC(=O)NCC2CCCC2C(=O)O)c(C)c1. The summed E-state index contributed by atoms with van der Waals surface area (Å²) < 4.78 is 0. The zero-order valence-electron chi connectivity index (χ0n) is 12.5. The molecule has 114 valence electrons. The van der Waals surface area contributed by atoms with Crippen LogP contribution in [0.15, 0.2) is 18.2 Å². The summed E-state index contributed by atoms with van der Waals surface area (Å²) in [5.41, 5.74) is 2.93. The smallest absolute Gasteiger partial charge is 0.319 e. The second kappa shape index (κ2) is 6.61. The number of aryl methyl sites for hydroxylation is 2. The lowest BCUT2D eigenvalue weighted by Gasteiger charge is -2.17. The average molecular weight is 290 g/mol. The molecule has 5 nitrogen and oxygen atoms in total. The van der Waals surface area contributed by atoms with Gasteiger partial charge in [0.25, 0.3) is 0 Å². The summed E-state index contributed by atoms with van der Waals surface area (Å²) in [5.74, 6) is -1.05. The number of hydrogen-bond donors (Lipinski definition) is 3. The van der Waals surface area contributed by atoms with Gasteiger partial charge in [-0.2, -0.15) is 0 Å². The number of hydrogen-bond acceptors (Lipinski definition) is 2. The van der Waals surface area contributed by atoms with Gasteiger partial charge in [-0.15, -0.1) is 0 Å². The van der Waals surface area contributed by atoms with Crippen LogP contribution in [0, 0.1) is 25.7 Å². The zero-order chi connectivity index (χ0) is 15.4. The molecule has 2 unspecified atom stereocenters. The second-order valence-electron chi connectivity index (χ2n) is 5.79. The number of carbonyl (C=O) groups is 2. The molecule has 1 aliphatic rings. The molecule has 2 rings (SSSR count). The first kappa shape index (κ1) is 15.4. The van der Waals surface area contributed by atoms with Crippen molar-refractivity contribution in [3.05, 3.63) is 29.3 Å². The van der Waals surface area contributed by atoms with Crippen molar-refractivity contribution in [3.8, 4) is 0 Å². The van der Waals surface area contributed by atoms with Crippen LogP contribution in [0.2, 0.25) is 0 Å². The minimum Gasteiger partial charge on any atom is -0.481 e. The molecule has 0 aromatic heterocycles. The number of rotatable bonds is 4. The van der Waals surface area contributed by atoms with Crippen LogP contribution >= 0.6 is 0 Å². The van der Waals surface area contributed by atoms with Gasteiger partial charge in [0.1, 0.15) is 0 Å². The maximum absolute atomic E-state index is 11.9. The van der Waals surface area contributed by atoms with Gasteiger partial charge in [-0.25, -0.2) is 4.79 Å². The first-order chi connectivity index (χ1) is 9.97. The number of urea groups is 1. The topological polar surface area (TPSA) is 78.4 Å². The Morgan fingerprint density at radius 1 is 1.29 bits per heavy atom. The molecule has 0 aliphatic heterocycles. The monoisotopic (exact) mass is 290 g/mol. The van der Waals surface area contributed by atoms with Crippen LogP contribution in [0.5, 0.6) is 0 Å². The number of amides is 2. The Morgan fingerprint density at radius 2 is 2.05 bits per heavy atom. The summed E-state index contributed by atoms with van der Waals surface area (Å²) in [6.45, 7) is 4.36. The van der Waals surface area contributed by atoms with Crippen LogP contribution in [-0.4, -0.2) is 23.7 Å². The molecule has 5 heteroatoms. The molecule has 1 aromatic rings. The van der Waals surface area contributed by atoms with Gasteiger partial charge in [0.05, 0.1) is 5.92 Å². The number of carbonyl (C=O) groups excluding carboxylic acids is 1. The average Bonchev–Trinajstić information content (AvgIpc) is 2.88. The van der Waals surface area contributed by atoms with Crippen LogP contribution in [0.3, 0.4) is 0 Å². The molecule has 1 aromatic carbocycles. The Hall–Kier alpha value is -2.04. The maximum atomic E-state index is 11.9. The molecule has 21 heavy (non-hydrogen) atoms. The number of benzene rings is 1. The largest absolute Gasteiger partial charge is 0.481 e. The zero-order valence-corrected chi connectivity index (χ0v) is 12.5. The van der Waals surface area contributed by atoms with Gasteiger partial charge in [-0.1, -0.05) is 24.1 Å². The first-order valence-electron chi connectivity index (χ1n) is 7.32. The molecular formula is C16H22N2O3. The fourth-order valence-corrected chi connectivity index (χ4v) is 2.95. The number of carboxylic acid groups (broad SMARTS) is 1. The normalized spacial score (nSPS) is 21.0.